The van der Waals surface area contributed by atoms with Crippen LogP contribution >= 0.6 is 0 Å². The van der Waals surface area contributed by atoms with E-state index in [-0.39, 0.29) is 4.90 Å². The van der Waals surface area contributed by atoms with Gasteiger partial charge in [-0.25, -0.2) is 16.8 Å². The number of sulfone groups is 1. The SMILES string of the molecule is Cc1ccc(N(C2CS(=O)(=O)CC2O)S(=O)(=O)c2ccccc2)cc1. The second-order valence-corrected chi connectivity index (χ2v) is 10.1. The fourth-order valence-corrected chi connectivity index (χ4v) is 6.50. The summed E-state index contributed by atoms with van der Waals surface area (Å²) in [5.74, 6) is -0.849. The maximum atomic E-state index is 13.2. The average Bonchev–Trinajstić information content (AvgIpc) is 2.83. The number of aliphatic hydroxyl groups is 1. The molecule has 134 valence electrons. The van der Waals surface area contributed by atoms with Crippen LogP contribution in [0.25, 0.3) is 0 Å². The summed E-state index contributed by atoms with van der Waals surface area (Å²) < 4.78 is 51.2. The third kappa shape index (κ3) is 3.56. The summed E-state index contributed by atoms with van der Waals surface area (Å²) in [4.78, 5) is 0.0482. The lowest BCUT2D eigenvalue weighted by Crippen LogP contribution is -2.47. The Labute approximate surface area is 147 Å². The number of aryl methyl sites for hydroxylation is 1. The highest BCUT2D eigenvalue weighted by Crippen LogP contribution is 2.31. The van der Waals surface area contributed by atoms with Crippen LogP contribution < -0.4 is 4.31 Å². The lowest BCUT2D eigenvalue weighted by molar-refractivity contribution is 0.184. The maximum absolute atomic E-state index is 13.2. The van der Waals surface area contributed by atoms with Crippen molar-refractivity contribution in [2.45, 2.75) is 24.0 Å². The molecular formula is C17H19NO5S2. The van der Waals surface area contributed by atoms with Gasteiger partial charge in [-0.05, 0) is 31.2 Å². The summed E-state index contributed by atoms with van der Waals surface area (Å²) in [6.45, 7) is 1.87. The van der Waals surface area contributed by atoms with Crippen molar-refractivity contribution in [2.24, 2.45) is 0 Å². The Morgan fingerprint density at radius 2 is 1.60 bits per heavy atom. The minimum Gasteiger partial charge on any atom is -0.390 e. The molecule has 0 spiro atoms. The molecule has 6 nitrogen and oxygen atoms in total. The molecule has 1 N–H and O–H groups in total. The van der Waals surface area contributed by atoms with Crippen LogP contribution in [0.15, 0.2) is 59.5 Å². The van der Waals surface area contributed by atoms with E-state index in [0.717, 1.165) is 9.87 Å². The first-order chi connectivity index (χ1) is 11.7. The third-order valence-corrected chi connectivity index (χ3v) is 7.75. The molecule has 0 bridgehead atoms. The molecule has 1 saturated heterocycles. The molecule has 2 aromatic carbocycles. The first-order valence-electron chi connectivity index (χ1n) is 7.75. The lowest BCUT2D eigenvalue weighted by Gasteiger charge is -2.31. The Morgan fingerprint density at radius 1 is 1.00 bits per heavy atom. The summed E-state index contributed by atoms with van der Waals surface area (Å²) in [5, 5.41) is 10.2. The van der Waals surface area contributed by atoms with E-state index >= 15 is 0 Å². The van der Waals surface area contributed by atoms with E-state index in [4.69, 9.17) is 0 Å². The number of anilines is 1. The van der Waals surface area contributed by atoms with Gasteiger partial charge < -0.3 is 5.11 Å². The highest BCUT2D eigenvalue weighted by molar-refractivity contribution is 7.93. The molecule has 0 aliphatic carbocycles. The van der Waals surface area contributed by atoms with Crippen molar-refractivity contribution in [1.82, 2.24) is 0 Å². The number of hydrogen-bond acceptors (Lipinski definition) is 5. The molecule has 8 heteroatoms. The predicted molar refractivity (Wildman–Crippen MR) is 95.7 cm³/mol. The van der Waals surface area contributed by atoms with Crippen LogP contribution in [0.3, 0.4) is 0 Å². The van der Waals surface area contributed by atoms with Crippen LogP contribution in [-0.2, 0) is 19.9 Å². The van der Waals surface area contributed by atoms with Crippen molar-refractivity contribution in [3.63, 3.8) is 0 Å². The van der Waals surface area contributed by atoms with Crippen LogP contribution in [0.4, 0.5) is 5.69 Å². The largest absolute Gasteiger partial charge is 0.390 e. The molecule has 0 amide bonds. The van der Waals surface area contributed by atoms with Crippen LogP contribution in [0.2, 0.25) is 0 Å². The van der Waals surface area contributed by atoms with Crippen LogP contribution in [0.5, 0.6) is 0 Å². The van der Waals surface area contributed by atoms with Gasteiger partial charge in [0, 0.05) is 0 Å². The predicted octanol–water partition coefficient (Wildman–Crippen LogP) is 1.35. The molecule has 1 aliphatic heterocycles. The summed E-state index contributed by atoms with van der Waals surface area (Å²) in [5.41, 5.74) is 1.27. The minimum absolute atomic E-state index is 0.0482. The van der Waals surface area contributed by atoms with Crippen molar-refractivity contribution in [3.05, 3.63) is 60.2 Å². The van der Waals surface area contributed by atoms with Gasteiger partial charge in [0.25, 0.3) is 10.0 Å². The molecular weight excluding hydrogens is 362 g/mol. The standard InChI is InChI=1S/C17H19NO5S2/c1-13-7-9-14(10-8-13)18(16-11-24(20,21)12-17(16)19)25(22,23)15-5-3-2-4-6-15/h2-10,16-17,19H,11-12H2,1H3. The van der Waals surface area contributed by atoms with Crippen LogP contribution in [-0.4, -0.2) is 45.6 Å². The van der Waals surface area contributed by atoms with Crippen molar-refractivity contribution in [1.29, 1.82) is 0 Å². The minimum atomic E-state index is -4.02. The average molecular weight is 381 g/mol. The topological polar surface area (TPSA) is 91.8 Å². The second-order valence-electron chi connectivity index (χ2n) is 6.16. The third-order valence-electron chi connectivity index (χ3n) is 4.18. The second kappa shape index (κ2) is 6.44. The van der Waals surface area contributed by atoms with Gasteiger partial charge in [-0.15, -0.1) is 0 Å². The number of sulfonamides is 1. The Bertz CT molecular complexity index is 954. The molecule has 0 saturated carbocycles. The molecule has 3 rings (SSSR count). The fourth-order valence-electron chi connectivity index (χ4n) is 2.94. The van der Waals surface area contributed by atoms with Gasteiger partial charge in [0.1, 0.15) is 0 Å². The summed E-state index contributed by atoms with van der Waals surface area (Å²) in [7, 11) is -7.53. The number of aliphatic hydroxyl groups excluding tert-OH is 1. The quantitative estimate of drug-likeness (QED) is 0.863. The van der Waals surface area contributed by atoms with Crippen molar-refractivity contribution in [2.75, 3.05) is 15.8 Å². The van der Waals surface area contributed by atoms with Gasteiger partial charge in [-0.1, -0.05) is 35.9 Å². The zero-order valence-corrected chi connectivity index (χ0v) is 15.2. The van der Waals surface area contributed by atoms with E-state index in [2.05, 4.69) is 0 Å². The summed E-state index contributed by atoms with van der Waals surface area (Å²) in [6, 6.07) is 13.5. The van der Waals surface area contributed by atoms with Gasteiger partial charge in [-0.2, -0.15) is 0 Å². The monoisotopic (exact) mass is 381 g/mol. The number of benzene rings is 2. The van der Waals surface area contributed by atoms with E-state index < -0.39 is 43.5 Å². The van der Waals surface area contributed by atoms with E-state index in [0.29, 0.717) is 5.69 Å². The number of hydrogen-bond donors (Lipinski definition) is 1. The molecule has 1 aliphatic rings. The molecule has 1 fully saturated rings. The van der Waals surface area contributed by atoms with E-state index in [1.807, 2.05) is 6.92 Å². The van der Waals surface area contributed by atoms with Gasteiger partial charge in [-0.3, -0.25) is 4.31 Å². The van der Waals surface area contributed by atoms with Gasteiger partial charge in [0.15, 0.2) is 9.84 Å². The number of nitrogens with zero attached hydrogens (tertiary/aromatic N) is 1. The van der Waals surface area contributed by atoms with Gasteiger partial charge in [0.05, 0.1) is 34.2 Å². The normalized spacial score (nSPS) is 22.6. The van der Waals surface area contributed by atoms with E-state index in [1.165, 1.54) is 12.1 Å². The van der Waals surface area contributed by atoms with E-state index in [9.17, 15) is 21.9 Å². The molecule has 0 radical (unpaired) electrons. The molecule has 2 atom stereocenters. The lowest BCUT2D eigenvalue weighted by atomic mass is 10.2. The van der Waals surface area contributed by atoms with Gasteiger partial charge in [0.2, 0.25) is 0 Å². The first kappa shape index (κ1) is 17.9. The van der Waals surface area contributed by atoms with Crippen LogP contribution in [0, 0.1) is 6.92 Å². The van der Waals surface area contributed by atoms with Crippen molar-refractivity contribution < 1.29 is 21.9 Å². The first-order valence-corrected chi connectivity index (χ1v) is 11.0. The highest BCUT2D eigenvalue weighted by atomic mass is 32.2. The van der Waals surface area contributed by atoms with Crippen molar-refractivity contribution >= 4 is 25.5 Å². The van der Waals surface area contributed by atoms with Crippen molar-refractivity contribution in [3.8, 4) is 0 Å². The summed E-state index contributed by atoms with van der Waals surface area (Å²) >= 11 is 0. The Balaban J connectivity index is 2.15. The molecule has 0 aromatic heterocycles. The summed E-state index contributed by atoms with van der Waals surface area (Å²) in [6.07, 6.45) is -1.27. The molecule has 2 unspecified atom stereocenters. The van der Waals surface area contributed by atoms with E-state index in [1.54, 1.807) is 42.5 Å². The zero-order valence-electron chi connectivity index (χ0n) is 13.6. The molecule has 1 heterocycles. The fraction of sp³-hybridized carbons (Fsp3) is 0.294. The molecule has 2 aromatic rings. The Kier molecular flexibility index (Phi) is 4.61. The highest BCUT2D eigenvalue weighted by Gasteiger charge is 2.44. The van der Waals surface area contributed by atoms with Gasteiger partial charge >= 0.3 is 0 Å². The molecule has 25 heavy (non-hydrogen) atoms. The smallest absolute Gasteiger partial charge is 0.264 e. The van der Waals surface area contributed by atoms with Crippen LogP contribution in [0.1, 0.15) is 5.56 Å². The maximum Gasteiger partial charge on any atom is 0.264 e. The zero-order chi connectivity index (χ0) is 18.2. The number of rotatable bonds is 4. The Hall–Kier alpha value is -1.90. The Morgan fingerprint density at radius 3 is 2.12 bits per heavy atom.